The van der Waals surface area contributed by atoms with E-state index in [0.717, 1.165) is 35.5 Å². The first-order chi connectivity index (χ1) is 19.7. The Labute approximate surface area is 242 Å². The van der Waals surface area contributed by atoms with E-state index in [1.54, 1.807) is 56.3 Å². The summed E-state index contributed by atoms with van der Waals surface area (Å²) in [5.74, 6) is -1.24. The first kappa shape index (κ1) is 28.4. The lowest BCUT2D eigenvalue weighted by Crippen LogP contribution is -2.29. The summed E-state index contributed by atoms with van der Waals surface area (Å²) in [5, 5.41) is 11.7. The molecule has 0 radical (unpaired) electrons. The Kier molecular flexibility index (Phi) is 8.12. The van der Waals surface area contributed by atoms with Crippen molar-refractivity contribution in [1.29, 1.82) is 0 Å². The van der Waals surface area contributed by atoms with Gasteiger partial charge < -0.3 is 19.3 Å². The number of esters is 1. The summed E-state index contributed by atoms with van der Waals surface area (Å²) in [6.07, 6.45) is 2.51. The molecular weight excluding hydrogens is 544 g/mol. The molecular formula is C31H32N2O7S. The van der Waals surface area contributed by atoms with Gasteiger partial charge in [0.25, 0.3) is 5.78 Å². The third-order valence-electron chi connectivity index (χ3n) is 7.01. The van der Waals surface area contributed by atoms with E-state index in [0.29, 0.717) is 35.6 Å². The van der Waals surface area contributed by atoms with Crippen molar-refractivity contribution in [3.63, 3.8) is 0 Å². The molecule has 2 aliphatic rings. The van der Waals surface area contributed by atoms with Gasteiger partial charge in [0.15, 0.2) is 5.13 Å². The zero-order valence-electron chi connectivity index (χ0n) is 23.4. The SMILES string of the molecule is CCCCOc1cccc([C@H]2/C(=C(\O)c3ccc4c(c3)C[C@H](C)O4)C(=O)C(=O)N2c2nc(C)c(C(=O)OCC)s2)c1. The highest BCUT2D eigenvalue weighted by molar-refractivity contribution is 7.17. The number of unbranched alkanes of at least 4 members (excludes halogenated alkanes) is 1. The summed E-state index contributed by atoms with van der Waals surface area (Å²) in [6.45, 7) is 8.08. The highest BCUT2D eigenvalue weighted by Gasteiger charge is 2.48. The number of aliphatic hydroxyl groups excluding tert-OH is 1. The van der Waals surface area contributed by atoms with Crippen molar-refractivity contribution in [3.8, 4) is 11.5 Å². The minimum Gasteiger partial charge on any atom is -0.507 e. The Balaban J connectivity index is 1.64. The summed E-state index contributed by atoms with van der Waals surface area (Å²) in [5.41, 5.74) is 2.19. The molecule has 3 heterocycles. The predicted molar refractivity (Wildman–Crippen MR) is 155 cm³/mol. The maximum absolute atomic E-state index is 13.6. The second-order valence-electron chi connectivity index (χ2n) is 10.0. The van der Waals surface area contributed by atoms with Crippen molar-refractivity contribution in [1.82, 2.24) is 4.98 Å². The van der Waals surface area contributed by atoms with E-state index >= 15 is 0 Å². The smallest absolute Gasteiger partial charge is 0.350 e. The largest absolute Gasteiger partial charge is 0.507 e. The average molecular weight is 577 g/mol. The van der Waals surface area contributed by atoms with Gasteiger partial charge in [-0.3, -0.25) is 14.5 Å². The van der Waals surface area contributed by atoms with Crippen molar-refractivity contribution in [2.24, 2.45) is 0 Å². The van der Waals surface area contributed by atoms with Crippen molar-refractivity contribution < 1.29 is 33.7 Å². The van der Waals surface area contributed by atoms with Gasteiger partial charge in [0, 0.05) is 12.0 Å². The molecule has 2 aliphatic heterocycles. The molecule has 0 saturated carbocycles. The number of fused-ring (bicyclic) bond motifs is 1. The fourth-order valence-electron chi connectivity index (χ4n) is 5.05. The number of hydrogen-bond acceptors (Lipinski definition) is 9. The Morgan fingerprint density at radius 3 is 2.76 bits per heavy atom. The Hall–Kier alpha value is -4.18. The highest BCUT2D eigenvalue weighted by Crippen LogP contribution is 2.45. The van der Waals surface area contributed by atoms with Crippen LogP contribution in [0.25, 0.3) is 5.76 Å². The van der Waals surface area contributed by atoms with Gasteiger partial charge in [-0.1, -0.05) is 36.8 Å². The van der Waals surface area contributed by atoms with Crippen LogP contribution in [0.1, 0.15) is 71.7 Å². The van der Waals surface area contributed by atoms with Gasteiger partial charge in [0.05, 0.1) is 30.5 Å². The lowest BCUT2D eigenvalue weighted by atomic mass is 9.94. The molecule has 0 spiro atoms. The second kappa shape index (κ2) is 11.7. The van der Waals surface area contributed by atoms with E-state index in [4.69, 9.17) is 14.2 Å². The molecule has 1 aromatic heterocycles. The molecule has 3 aromatic rings. The van der Waals surface area contributed by atoms with Crippen molar-refractivity contribution in [2.45, 2.75) is 59.1 Å². The molecule has 41 heavy (non-hydrogen) atoms. The average Bonchev–Trinajstić information content (AvgIpc) is 3.60. The van der Waals surface area contributed by atoms with E-state index in [1.165, 1.54) is 4.90 Å². The Morgan fingerprint density at radius 1 is 1.20 bits per heavy atom. The number of hydrogen-bond donors (Lipinski definition) is 1. The predicted octanol–water partition coefficient (Wildman–Crippen LogP) is 5.76. The second-order valence-corrected chi connectivity index (χ2v) is 11.0. The standard InChI is InChI=1S/C31H32N2O7S/c1-5-7-13-39-22-10-8-9-19(16-22)25-24(26(34)20-11-12-23-21(15-20)14-17(3)40-23)27(35)29(36)33(25)31-32-18(4)28(41-31)30(37)38-6-2/h8-12,15-17,25,34H,5-7,13-14H2,1-4H3/b26-24+/t17-,25-/m0/s1. The van der Waals surface area contributed by atoms with Crippen molar-refractivity contribution in [2.75, 3.05) is 18.1 Å². The van der Waals surface area contributed by atoms with Gasteiger partial charge >= 0.3 is 11.9 Å². The first-order valence-corrected chi connectivity index (χ1v) is 14.5. The molecule has 0 aliphatic carbocycles. The quantitative estimate of drug-likeness (QED) is 0.112. The number of carbonyl (C=O) groups is 3. The van der Waals surface area contributed by atoms with E-state index in [2.05, 4.69) is 11.9 Å². The molecule has 2 aromatic carbocycles. The van der Waals surface area contributed by atoms with Gasteiger partial charge in [-0.25, -0.2) is 9.78 Å². The van der Waals surface area contributed by atoms with Gasteiger partial charge in [0.1, 0.15) is 28.2 Å². The van der Waals surface area contributed by atoms with Crippen LogP contribution in [0.5, 0.6) is 11.5 Å². The molecule has 214 valence electrons. The molecule has 1 N–H and O–H groups in total. The van der Waals surface area contributed by atoms with E-state index in [1.807, 2.05) is 6.92 Å². The maximum atomic E-state index is 13.6. The molecule has 10 heteroatoms. The number of rotatable bonds is 9. The van der Waals surface area contributed by atoms with Crippen LogP contribution in [0.2, 0.25) is 0 Å². The van der Waals surface area contributed by atoms with Crippen molar-refractivity contribution in [3.05, 3.63) is 75.3 Å². The molecule has 1 amide bonds. The molecule has 5 rings (SSSR count). The number of Topliss-reactive ketones (excluding diaryl/α,β-unsaturated/α-hetero) is 1. The van der Waals surface area contributed by atoms with E-state index < -0.39 is 23.7 Å². The summed E-state index contributed by atoms with van der Waals surface area (Å²) >= 11 is 0.971. The molecule has 0 unspecified atom stereocenters. The maximum Gasteiger partial charge on any atom is 0.350 e. The fraction of sp³-hybridized carbons (Fsp3) is 0.355. The van der Waals surface area contributed by atoms with Crippen LogP contribution in [0.4, 0.5) is 5.13 Å². The van der Waals surface area contributed by atoms with Gasteiger partial charge in [-0.05, 0) is 68.7 Å². The van der Waals surface area contributed by atoms with Crippen LogP contribution in [0, 0.1) is 6.92 Å². The third kappa shape index (κ3) is 5.44. The lowest BCUT2D eigenvalue weighted by Gasteiger charge is -2.23. The highest BCUT2D eigenvalue weighted by atomic mass is 32.1. The van der Waals surface area contributed by atoms with Crippen LogP contribution >= 0.6 is 11.3 Å². The number of ketones is 1. The monoisotopic (exact) mass is 576 g/mol. The number of anilines is 1. The number of aryl methyl sites for hydroxylation is 1. The molecule has 1 fully saturated rings. The Morgan fingerprint density at radius 2 is 2.00 bits per heavy atom. The number of aromatic nitrogens is 1. The number of ether oxygens (including phenoxy) is 3. The van der Waals surface area contributed by atoms with Gasteiger partial charge in [-0.2, -0.15) is 0 Å². The number of nitrogens with zero attached hydrogens (tertiary/aromatic N) is 2. The number of aliphatic hydroxyl groups is 1. The summed E-state index contributed by atoms with van der Waals surface area (Å²) in [7, 11) is 0. The van der Waals surface area contributed by atoms with Crippen LogP contribution in [0.15, 0.2) is 48.0 Å². The first-order valence-electron chi connectivity index (χ1n) is 13.7. The minimum absolute atomic E-state index is 0.00478. The van der Waals surface area contributed by atoms with Crippen LogP contribution in [-0.2, 0) is 20.7 Å². The number of thiazole rings is 1. The number of benzene rings is 2. The van der Waals surface area contributed by atoms with E-state index in [9.17, 15) is 19.5 Å². The zero-order valence-corrected chi connectivity index (χ0v) is 24.2. The normalized spacial score (nSPS) is 19.3. The topological polar surface area (TPSA) is 115 Å². The summed E-state index contributed by atoms with van der Waals surface area (Å²) in [4.78, 5) is 45.7. The van der Waals surface area contributed by atoms with Crippen molar-refractivity contribution >= 4 is 39.9 Å². The Bertz CT molecular complexity index is 1540. The van der Waals surface area contributed by atoms with E-state index in [-0.39, 0.29) is 34.1 Å². The van der Waals surface area contributed by atoms with Gasteiger partial charge in [0.2, 0.25) is 0 Å². The fourth-order valence-corrected chi connectivity index (χ4v) is 6.04. The minimum atomic E-state index is -1.01. The lowest BCUT2D eigenvalue weighted by molar-refractivity contribution is -0.132. The van der Waals surface area contributed by atoms with Gasteiger partial charge in [-0.15, -0.1) is 0 Å². The molecule has 2 atom stereocenters. The molecule has 9 nitrogen and oxygen atoms in total. The van der Waals surface area contributed by atoms with Crippen LogP contribution in [0.3, 0.4) is 0 Å². The van der Waals surface area contributed by atoms with Crippen LogP contribution in [-0.4, -0.2) is 47.1 Å². The molecule has 0 bridgehead atoms. The number of amides is 1. The third-order valence-corrected chi connectivity index (χ3v) is 8.14. The number of carbonyl (C=O) groups excluding carboxylic acids is 3. The molecule has 1 saturated heterocycles. The van der Waals surface area contributed by atoms with Crippen LogP contribution < -0.4 is 14.4 Å². The summed E-state index contributed by atoms with van der Waals surface area (Å²) < 4.78 is 16.9. The summed E-state index contributed by atoms with van der Waals surface area (Å²) in [6, 6.07) is 11.3. The zero-order chi connectivity index (χ0) is 29.3.